The summed E-state index contributed by atoms with van der Waals surface area (Å²) in [6.45, 7) is 0. The SMILES string of the molecule is [CH3][Ge]1([CH3])[CH]=[C](c2ccccc2)[Ge]([CH3])([CH3])[CH]=[C]1c1ccccc1. The van der Waals surface area contributed by atoms with Crippen molar-refractivity contribution in [3.8, 4) is 0 Å². The van der Waals surface area contributed by atoms with Crippen LogP contribution in [-0.4, -0.2) is 26.5 Å². The number of hydrogen-bond donors (Lipinski definition) is 0. The first-order valence-electron chi connectivity index (χ1n) is 7.98. The maximum absolute atomic E-state index is 2.72. The third kappa shape index (κ3) is 3.04. The third-order valence-electron chi connectivity index (χ3n) is 4.57. The normalized spacial score (nSPS) is 19.3. The standard InChI is InChI=1S/C20H24Ge2/c1-21(2)15-20(18-13-9-6-10-14-18)22(3,4)16-19(21)17-11-7-5-8-12-17/h5-16H,1-4H3. The van der Waals surface area contributed by atoms with Crippen molar-refractivity contribution in [2.75, 3.05) is 0 Å². The van der Waals surface area contributed by atoms with Gasteiger partial charge in [0.15, 0.2) is 0 Å². The summed E-state index contributed by atoms with van der Waals surface area (Å²) >= 11 is -4.24. The predicted octanol–water partition coefficient (Wildman–Crippen LogP) is 5.74. The zero-order valence-corrected chi connectivity index (χ0v) is 18.1. The summed E-state index contributed by atoms with van der Waals surface area (Å²) in [5.74, 6) is 10.1. The molecule has 2 heteroatoms. The first kappa shape index (κ1) is 15.9. The zero-order chi connectivity index (χ0) is 15.8. The third-order valence-corrected chi connectivity index (χ3v) is 19.0. The minimum absolute atomic E-state index is 1.45. The molecule has 0 nitrogen and oxygen atoms in total. The fourth-order valence-corrected chi connectivity index (χ4v) is 29.1. The summed E-state index contributed by atoms with van der Waals surface area (Å²) in [6.07, 6.45) is 0. The van der Waals surface area contributed by atoms with Crippen LogP contribution in [0.4, 0.5) is 0 Å². The Morgan fingerprint density at radius 3 is 1.14 bits per heavy atom. The van der Waals surface area contributed by atoms with Crippen LogP contribution in [0, 0.1) is 0 Å². The summed E-state index contributed by atoms with van der Waals surface area (Å²) < 4.78 is 3.37. The van der Waals surface area contributed by atoms with E-state index in [2.05, 4.69) is 93.5 Å². The van der Waals surface area contributed by atoms with E-state index in [9.17, 15) is 0 Å². The molecule has 1 aliphatic heterocycles. The molecule has 2 aromatic carbocycles. The van der Waals surface area contributed by atoms with E-state index < -0.39 is 26.5 Å². The Hall–Kier alpha value is -0.994. The Balaban J connectivity index is 2.11. The molecule has 2 aromatic rings. The monoisotopic (exact) mass is 412 g/mol. The van der Waals surface area contributed by atoms with Gasteiger partial charge >= 0.3 is 140 Å². The minimum atomic E-state index is -2.12. The molecule has 22 heavy (non-hydrogen) atoms. The zero-order valence-electron chi connectivity index (χ0n) is 13.9. The van der Waals surface area contributed by atoms with Crippen LogP contribution < -0.4 is 0 Å². The molecule has 0 bridgehead atoms. The van der Waals surface area contributed by atoms with E-state index in [0.29, 0.717) is 0 Å². The van der Waals surface area contributed by atoms with Gasteiger partial charge in [-0.15, -0.1) is 0 Å². The molecule has 3 rings (SSSR count). The molecular formula is C20H24Ge2. The molecule has 0 N–H and O–H groups in total. The van der Waals surface area contributed by atoms with Gasteiger partial charge in [-0.25, -0.2) is 0 Å². The summed E-state index contributed by atoms with van der Waals surface area (Å²) in [4.78, 5) is 5.44. The van der Waals surface area contributed by atoms with Crippen LogP contribution in [0.1, 0.15) is 11.1 Å². The van der Waals surface area contributed by atoms with Crippen molar-refractivity contribution in [1.29, 1.82) is 0 Å². The van der Waals surface area contributed by atoms with Crippen molar-refractivity contribution in [3.05, 3.63) is 81.6 Å². The van der Waals surface area contributed by atoms with E-state index in [0.717, 1.165) is 0 Å². The predicted molar refractivity (Wildman–Crippen MR) is 104 cm³/mol. The van der Waals surface area contributed by atoms with Crippen molar-refractivity contribution in [2.24, 2.45) is 0 Å². The molecule has 0 spiro atoms. The molecular weight excluding hydrogens is 385 g/mol. The molecule has 0 unspecified atom stereocenters. The van der Waals surface area contributed by atoms with Crippen LogP contribution >= 0.6 is 0 Å². The molecule has 0 amide bonds. The van der Waals surface area contributed by atoms with Gasteiger partial charge in [-0.05, 0) is 0 Å². The van der Waals surface area contributed by atoms with Gasteiger partial charge in [-0.2, -0.15) is 0 Å². The van der Waals surface area contributed by atoms with Gasteiger partial charge in [0.1, 0.15) is 0 Å². The summed E-state index contributed by atoms with van der Waals surface area (Å²) in [5.41, 5.74) is 2.91. The first-order chi connectivity index (χ1) is 10.4. The number of hydrogen-bond acceptors (Lipinski definition) is 0. The van der Waals surface area contributed by atoms with Crippen molar-refractivity contribution in [2.45, 2.75) is 23.0 Å². The van der Waals surface area contributed by atoms with Gasteiger partial charge in [0, 0.05) is 0 Å². The molecule has 0 aromatic heterocycles. The van der Waals surface area contributed by atoms with E-state index in [1.54, 1.807) is 8.81 Å². The molecule has 0 aliphatic carbocycles. The second-order valence-corrected chi connectivity index (χ2v) is 25.2. The number of rotatable bonds is 2. The maximum atomic E-state index is 2.72. The average Bonchev–Trinajstić information content (AvgIpc) is 2.51. The Kier molecular flexibility index (Phi) is 4.26. The quantitative estimate of drug-likeness (QED) is 0.555. The fraction of sp³-hybridized carbons (Fsp3) is 0.200. The van der Waals surface area contributed by atoms with Gasteiger partial charge in [-0.3, -0.25) is 0 Å². The Morgan fingerprint density at radius 2 is 0.818 bits per heavy atom. The van der Waals surface area contributed by atoms with Crippen LogP contribution in [0.15, 0.2) is 70.5 Å². The molecule has 1 heterocycles. The van der Waals surface area contributed by atoms with Crippen molar-refractivity contribution >= 4 is 35.3 Å². The van der Waals surface area contributed by atoms with E-state index in [1.165, 1.54) is 11.1 Å². The molecule has 0 radical (unpaired) electrons. The summed E-state index contributed by atoms with van der Waals surface area (Å²) in [6, 6.07) is 22.1. The van der Waals surface area contributed by atoms with Gasteiger partial charge in [0.05, 0.1) is 0 Å². The van der Waals surface area contributed by atoms with Crippen LogP contribution in [0.2, 0.25) is 23.0 Å². The van der Waals surface area contributed by atoms with Crippen LogP contribution in [0.3, 0.4) is 0 Å². The molecule has 112 valence electrons. The first-order valence-corrected chi connectivity index (χ1v) is 20.9. The van der Waals surface area contributed by atoms with Crippen LogP contribution in [0.25, 0.3) is 8.81 Å². The number of benzene rings is 2. The van der Waals surface area contributed by atoms with E-state index >= 15 is 0 Å². The van der Waals surface area contributed by atoms with Gasteiger partial charge in [-0.1, -0.05) is 0 Å². The van der Waals surface area contributed by atoms with Gasteiger partial charge in [0.25, 0.3) is 0 Å². The van der Waals surface area contributed by atoms with E-state index in [-0.39, 0.29) is 0 Å². The summed E-state index contributed by atoms with van der Waals surface area (Å²) in [5, 5.41) is 0. The Bertz CT molecular complexity index is 657. The van der Waals surface area contributed by atoms with E-state index in [4.69, 9.17) is 0 Å². The second kappa shape index (κ2) is 5.90. The van der Waals surface area contributed by atoms with Gasteiger partial charge in [0.2, 0.25) is 0 Å². The van der Waals surface area contributed by atoms with Crippen molar-refractivity contribution < 1.29 is 0 Å². The van der Waals surface area contributed by atoms with Crippen LogP contribution in [0.5, 0.6) is 0 Å². The van der Waals surface area contributed by atoms with Crippen molar-refractivity contribution in [3.63, 3.8) is 0 Å². The van der Waals surface area contributed by atoms with E-state index in [1.807, 2.05) is 0 Å². The Morgan fingerprint density at radius 1 is 0.500 bits per heavy atom. The fourth-order valence-electron chi connectivity index (χ4n) is 3.40. The molecule has 0 atom stereocenters. The molecule has 0 saturated carbocycles. The van der Waals surface area contributed by atoms with Gasteiger partial charge < -0.3 is 0 Å². The molecule has 0 saturated heterocycles. The molecule has 0 fully saturated rings. The summed E-state index contributed by atoms with van der Waals surface area (Å²) in [7, 11) is 0. The Labute approximate surface area is 139 Å². The van der Waals surface area contributed by atoms with Crippen molar-refractivity contribution in [1.82, 2.24) is 0 Å². The van der Waals surface area contributed by atoms with Crippen LogP contribution in [-0.2, 0) is 0 Å². The molecule has 1 aliphatic rings. The average molecular weight is 410 g/mol. The second-order valence-electron chi connectivity index (χ2n) is 7.29. The topological polar surface area (TPSA) is 0 Å².